The number of phenols is 1. The monoisotopic (exact) mass is 315 g/mol. The molecule has 0 unspecified atom stereocenters. The van der Waals surface area contributed by atoms with E-state index in [1.165, 1.54) is 5.56 Å². The lowest BCUT2D eigenvalue weighted by Crippen LogP contribution is -2.12. The van der Waals surface area contributed by atoms with Crippen LogP contribution in [-0.4, -0.2) is 11.4 Å². The standard InChI is InChI=1S/C21H17NO2/c22-18-10-9-13-5-1-3-7-16(13)19(18)20-17-8-4-2-6-14(17)11-15(12-23)21(20)24/h1-8,11-12,24H,9-10,22H2. The first kappa shape index (κ1) is 14.5. The van der Waals surface area contributed by atoms with Crippen LogP contribution in [0.25, 0.3) is 16.3 Å². The number of carbonyl (C=O) groups excluding carboxylic acids is 1. The van der Waals surface area contributed by atoms with Crippen LogP contribution in [0.1, 0.15) is 33.5 Å². The van der Waals surface area contributed by atoms with E-state index >= 15 is 0 Å². The molecule has 0 aromatic heterocycles. The molecule has 4 rings (SSSR count). The quantitative estimate of drug-likeness (QED) is 0.702. The van der Waals surface area contributed by atoms with Crippen molar-refractivity contribution in [3.05, 3.63) is 82.5 Å². The molecule has 0 spiro atoms. The summed E-state index contributed by atoms with van der Waals surface area (Å²) >= 11 is 0. The van der Waals surface area contributed by atoms with Crippen molar-refractivity contribution in [3.8, 4) is 5.75 Å². The van der Waals surface area contributed by atoms with Crippen LogP contribution in [0.3, 0.4) is 0 Å². The van der Waals surface area contributed by atoms with Gasteiger partial charge in [0.2, 0.25) is 0 Å². The number of aryl methyl sites for hydroxylation is 1. The van der Waals surface area contributed by atoms with Gasteiger partial charge in [-0.05, 0) is 40.8 Å². The van der Waals surface area contributed by atoms with E-state index in [-0.39, 0.29) is 11.3 Å². The fourth-order valence-electron chi connectivity index (χ4n) is 3.55. The molecule has 24 heavy (non-hydrogen) atoms. The Kier molecular flexibility index (Phi) is 3.35. The topological polar surface area (TPSA) is 63.3 Å². The normalized spacial score (nSPS) is 13.8. The zero-order chi connectivity index (χ0) is 16.7. The smallest absolute Gasteiger partial charge is 0.153 e. The minimum absolute atomic E-state index is 0.00152. The van der Waals surface area contributed by atoms with Crippen LogP contribution in [0.4, 0.5) is 0 Å². The molecule has 3 nitrogen and oxygen atoms in total. The largest absolute Gasteiger partial charge is 0.507 e. The van der Waals surface area contributed by atoms with Crippen LogP contribution in [0.5, 0.6) is 5.75 Å². The van der Waals surface area contributed by atoms with Gasteiger partial charge in [-0.3, -0.25) is 4.79 Å². The first-order valence-corrected chi connectivity index (χ1v) is 7.98. The Balaban J connectivity index is 2.13. The molecule has 0 atom stereocenters. The number of hydrogen-bond donors (Lipinski definition) is 2. The lowest BCUT2D eigenvalue weighted by molar-refractivity contribution is 0.112. The Morgan fingerprint density at radius 2 is 1.75 bits per heavy atom. The lowest BCUT2D eigenvalue weighted by atomic mass is 9.82. The number of aromatic hydroxyl groups is 1. The zero-order valence-electron chi connectivity index (χ0n) is 13.1. The fraction of sp³-hybridized carbons (Fsp3) is 0.0952. The van der Waals surface area contributed by atoms with Gasteiger partial charge < -0.3 is 10.8 Å². The summed E-state index contributed by atoms with van der Waals surface area (Å²) < 4.78 is 0. The predicted octanol–water partition coefficient (Wildman–Crippen LogP) is 4.02. The second kappa shape index (κ2) is 5.53. The molecule has 0 amide bonds. The molecular formula is C21H17NO2. The maximum atomic E-state index is 11.4. The number of fused-ring (bicyclic) bond motifs is 2. The Bertz CT molecular complexity index is 1000. The van der Waals surface area contributed by atoms with Gasteiger partial charge in [0.25, 0.3) is 0 Å². The molecule has 0 radical (unpaired) electrons. The second-order valence-electron chi connectivity index (χ2n) is 6.09. The molecular weight excluding hydrogens is 298 g/mol. The highest BCUT2D eigenvalue weighted by Crippen LogP contribution is 2.42. The van der Waals surface area contributed by atoms with Gasteiger partial charge in [-0.2, -0.15) is 0 Å². The second-order valence-corrected chi connectivity index (χ2v) is 6.09. The average molecular weight is 315 g/mol. The minimum Gasteiger partial charge on any atom is -0.507 e. The van der Waals surface area contributed by atoms with Crippen molar-refractivity contribution >= 4 is 22.6 Å². The summed E-state index contributed by atoms with van der Waals surface area (Å²) in [6, 6.07) is 17.6. The maximum Gasteiger partial charge on any atom is 0.153 e. The number of aldehydes is 1. The summed E-state index contributed by atoms with van der Waals surface area (Å²) in [6.07, 6.45) is 2.32. The predicted molar refractivity (Wildman–Crippen MR) is 96.0 cm³/mol. The number of hydrogen-bond acceptors (Lipinski definition) is 3. The summed E-state index contributed by atoms with van der Waals surface area (Å²) in [4.78, 5) is 11.4. The zero-order valence-corrected chi connectivity index (χ0v) is 13.1. The van der Waals surface area contributed by atoms with Gasteiger partial charge in [-0.1, -0.05) is 48.5 Å². The number of rotatable bonds is 2. The van der Waals surface area contributed by atoms with Crippen molar-refractivity contribution in [2.75, 3.05) is 0 Å². The molecule has 1 aliphatic rings. The minimum atomic E-state index is -0.00152. The van der Waals surface area contributed by atoms with Crippen molar-refractivity contribution < 1.29 is 9.90 Å². The first-order valence-electron chi connectivity index (χ1n) is 7.98. The van der Waals surface area contributed by atoms with Gasteiger partial charge in [-0.15, -0.1) is 0 Å². The summed E-state index contributed by atoms with van der Waals surface area (Å²) in [7, 11) is 0. The Hall–Kier alpha value is -3.07. The van der Waals surface area contributed by atoms with Crippen LogP contribution in [-0.2, 0) is 6.42 Å². The SMILES string of the molecule is NC1=C(c2c(O)c(C=O)cc3ccccc23)c2ccccc2CC1. The highest BCUT2D eigenvalue weighted by molar-refractivity contribution is 6.05. The van der Waals surface area contributed by atoms with E-state index in [9.17, 15) is 9.90 Å². The van der Waals surface area contributed by atoms with Gasteiger partial charge in [0.1, 0.15) is 5.75 Å². The van der Waals surface area contributed by atoms with Gasteiger partial charge in [0.15, 0.2) is 6.29 Å². The van der Waals surface area contributed by atoms with Gasteiger partial charge in [0, 0.05) is 16.8 Å². The molecule has 3 aromatic rings. The van der Waals surface area contributed by atoms with Crippen LogP contribution in [0.2, 0.25) is 0 Å². The summed E-state index contributed by atoms with van der Waals surface area (Å²) in [5, 5.41) is 12.6. The Morgan fingerprint density at radius 1 is 1.00 bits per heavy atom. The molecule has 3 aromatic carbocycles. The number of phenolic OH excluding ortho intramolecular Hbond substituents is 1. The van der Waals surface area contributed by atoms with Crippen molar-refractivity contribution in [1.29, 1.82) is 0 Å². The fourth-order valence-corrected chi connectivity index (χ4v) is 3.55. The first-order chi connectivity index (χ1) is 11.7. The highest BCUT2D eigenvalue weighted by Gasteiger charge is 2.24. The molecule has 0 bridgehead atoms. The molecule has 3 N–H and O–H groups in total. The van der Waals surface area contributed by atoms with Crippen LogP contribution < -0.4 is 5.73 Å². The third kappa shape index (κ3) is 2.09. The summed E-state index contributed by atoms with van der Waals surface area (Å²) in [6.45, 7) is 0. The lowest BCUT2D eigenvalue weighted by Gasteiger charge is -2.24. The third-order valence-electron chi connectivity index (χ3n) is 4.70. The van der Waals surface area contributed by atoms with E-state index in [1.54, 1.807) is 6.07 Å². The number of benzene rings is 3. The maximum absolute atomic E-state index is 11.4. The van der Waals surface area contributed by atoms with Crippen molar-refractivity contribution in [2.45, 2.75) is 12.8 Å². The molecule has 118 valence electrons. The van der Waals surface area contributed by atoms with Gasteiger partial charge in [-0.25, -0.2) is 0 Å². The van der Waals surface area contributed by atoms with Gasteiger partial charge >= 0.3 is 0 Å². The molecule has 3 heteroatoms. The van der Waals surface area contributed by atoms with E-state index < -0.39 is 0 Å². The number of nitrogens with two attached hydrogens (primary N) is 1. The van der Waals surface area contributed by atoms with Gasteiger partial charge in [0.05, 0.1) is 5.56 Å². The number of carbonyl (C=O) groups is 1. The van der Waals surface area contributed by atoms with E-state index in [1.807, 2.05) is 42.5 Å². The van der Waals surface area contributed by atoms with Crippen molar-refractivity contribution in [3.63, 3.8) is 0 Å². The molecule has 0 saturated heterocycles. The molecule has 1 aliphatic carbocycles. The number of allylic oxidation sites excluding steroid dienone is 1. The highest BCUT2D eigenvalue weighted by atomic mass is 16.3. The summed E-state index contributed by atoms with van der Waals surface area (Å²) in [5.74, 6) is -0.00152. The Morgan fingerprint density at radius 3 is 2.58 bits per heavy atom. The average Bonchev–Trinajstić information content (AvgIpc) is 2.62. The van der Waals surface area contributed by atoms with E-state index in [0.29, 0.717) is 11.8 Å². The van der Waals surface area contributed by atoms with E-state index in [4.69, 9.17) is 5.73 Å². The molecule has 0 fully saturated rings. The summed E-state index contributed by atoms with van der Waals surface area (Å²) in [5.41, 5.74) is 11.1. The van der Waals surface area contributed by atoms with E-state index in [2.05, 4.69) is 6.07 Å². The van der Waals surface area contributed by atoms with Crippen LogP contribution >= 0.6 is 0 Å². The van der Waals surface area contributed by atoms with Crippen molar-refractivity contribution in [1.82, 2.24) is 0 Å². The van der Waals surface area contributed by atoms with Crippen LogP contribution in [0, 0.1) is 0 Å². The van der Waals surface area contributed by atoms with Crippen LogP contribution in [0.15, 0.2) is 60.3 Å². The molecule has 0 aliphatic heterocycles. The van der Waals surface area contributed by atoms with Crippen molar-refractivity contribution in [2.24, 2.45) is 5.73 Å². The molecule has 0 saturated carbocycles. The van der Waals surface area contributed by atoms with E-state index in [0.717, 1.165) is 40.4 Å². The third-order valence-corrected chi connectivity index (χ3v) is 4.70. The Labute approximate surface area is 140 Å². The molecule has 0 heterocycles.